The number of carbonyl (C=O) groups excluding carboxylic acids is 3. The summed E-state index contributed by atoms with van der Waals surface area (Å²) in [6.07, 6.45) is 2.97. The summed E-state index contributed by atoms with van der Waals surface area (Å²) < 4.78 is 6.77. The topological polar surface area (TPSA) is 115 Å². The number of amides is 3. The SMILES string of the molecule is O=C(Cn1cnc2c(oc3ccccc32)c1=O)NCCN1C(=O)S/C(=C\c2ccccc2)C1=O. The van der Waals surface area contributed by atoms with Gasteiger partial charge in [-0.25, -0.2) is 4.98 Å². The van der Waals surface area contributed by atoms with E-state index in [9.17, 15) is 19.2 Å². The van der Waals surface area contributed by atoms with Gasteiger partial charge < -0.3 is 9.73 Å². The van der Waals surface area contributed by atoms with Crippen molar-refractivity contribution < 1.29 is 18.8 Å². The zero-order valence-corrected chi connectivity index (χ0v) is 18.6. The molecular formula is C24H18N4O5S. The van der Waals surface area contributed by atoms with E-state index in [4.69, 9.17) is 4.42 Å². The molecule has 5 rings (SSSR count). The number of para-hydroxylation sites is 1. The molecule has 4 aromatic rings. The Hall–Kier alpha value is -4.18. The molecular weight excluding hydrogens is 456 g/mol. The van der Waals surface area contributed by atoms with E-state index >= 15 is 0 Å². The van der Waals surface area contributed by atoms with Gasteiger partial charge in [0.25, 0.3) is 16.7 Å². The van der Waals surface area contributed by atoms with Crippen LogP contribution < -0.4 is 10.9 Å². The van der Waals surface area contributed by atoms with Crippen molar-refractivity contribution in [2.45, 2.75) is 6.54 Å². The maximum absolute atomic E-state index is 12.7. The molecule has 0 bridgehead atoms. The lowest BCUT2D eigenvalue weighted by atomic mass is 10.2. The number of rotatable bonds is 6. The Morgan fingerprint density at radius 3 is 2.65 bits per heavy atom. The second-order valence-corrected chi connectivity index (χ2v) is 8.54. The molecule has 1 aliphatic heterocycles. The zero-order valence-electron chi connectivity index (χ0n) is 17.8. The van der Waals surface area contributed by atoms with Crippen LogP contribution in [0.3, 0.4) is 0 Å². The first-order valence-electron chi connectivity index (χ1n) is 10.4. The van der Waals surface area contributed by atoms with Crippen LogP contribution in [-0.4, -0.2) is 44.6 Å². The smallest absolute Gasteiger partial charge is 0.297 e. The van der Waals surface area contributed by atoms with Gasteiger partial charge in [-0.15, -0.1) is 0 Å². The maximum atomic E-state index is 12.7. The number of hydrogen-bond donors (Lipinski definition) is 1. The molecule has 0 spiro atoms. The molecule has 2 aromatic heterocycles. The van der Waals surface area contributed by atoms with Crippen LogP contribution in [0.4, 0.5) is 4.79 Å². The van der Waals surface area contributed by atoms with Crippen molar-refractivity contribution in [1.29, 1.82) is 0 Å². The molecule has 1 N–H and O–H groups in total. The highest BCUT2D eigenvalue weighted by Crippen LogP contribution is 2.31. The minimum absolute atomic E-state index is 0.0261. The minimum atomic E-state index is -0.465. The second kappa shape index (κ2) is 8.99. The van der Waals surface area contributed by atoms with E-state index in [2.05, 4.69) is 10.3 Å². The van der Waals surface area contributed by atoms with Crippen molar-refractivity contribution >= 4 is 57.0 Å². The molecule has 0 atom stereocenters. The van der Waals surface area contributed by atoms with E-state index in [0.29, 0.717) is 16.0 Å². The first-order chi connectivity index (χ1) is 16.5. The molecule has 3 heterocycles. The third-order valence-corrected chi connectivity index (χ3v) is 6.20. The normalized spacial score (nSPS) is 15.1. The number of fused-ring (bicyclic) bond motifs is 3. The summed E-state index contributed by atoms with van der Waals surface area (Å²) in [5.74, 6) is -0.852. The Bertz CT molecular complexity index is 1520. The number of imide groups is 1. The number of hydrogen-bond acceptors (Lipinski definition) is 7. The molecule has 2 aromatic carbocycles. The molecule has 9 nitrogen and oxygen atoms in total. The van der Waals surface area contributed by atoms with Crippen LogP contribution in [0.5, 0.6) is 0 Å². The molecule has 1 aliphatic rings. The van der Waals surface area contributed by atoms with Crippen molar-refractivity contribution in [2.24, 2.45) is 0 Å². The monoisotopic (exact) mass is 474 g/mol. The van der Waals surface area contributed by atoms with Gasteiger partial charge in [-0.05, 0) is 35.5 Å². The van der Waals surface area contributed by atoms with Gasteiger partial charge in [0, 0.05) is 18.5 Å². The Morgan fingerprint density at radius 2 is 1.82 bits per heavy atom. The van der Waals surface area contributed by atoms with Gasteiger partial charge in [-0.2, -0.15) is 0 Å². The lowest BCUT2D eigenvalue weighted by molar-refractivity contribution is -0.124. The van der Waals surface area contributed by atoms with Crippen LogP contribution in [0.2, 0.25) is 0 Å². The van der Waals surface area contributed by atoms with Gasteiger partial charge in [0.15, 0.2) is 0 Å². The van der Waals surface area contributed by atoms with E-state index < -0.39 is 22.6 Å². The molecule has 3 amide bonds. The summed E-state index contributed by atoms with van der Waals surface area (Å²) in [5, 5.41) is 2.97. The second-order valence-electron chi connectivity index (χ2n) is 7.55. The van der Waals surface area contributed by atoms with E-state index in [-0.39, 0.29) is 25.2 Å². The lowest BCUT2D eigenvalue weighted by Crippen LogP contribution is -2.39. The highest BCUT2D eigenvalue weighted by molar-refractivity contribution is 8.18. The van der Waals surface area contributed by atoms with E-state index in [1.807, 2.05) is 42.5 Å². The van der Waals surface area contributed by atoms with Gasteiger partial charge in [0.2, 0.25) is 11.5 Å². The Morgan fingerprint density at radius 1 is 1.06 bits per heavy atom. The van der Waals surface area contributed by atoms with Gasteiger partial charge >= 0.3 is 0 Å². The number of thioether (sulfide) groups is 1. The summed E-state index contributed by atoms with van der Waals surface area (Å²) >= 11 is 0.864. The summed E-state index contributed by atoms with van der Waals surface area (Å²) in [5.41, 5.74) is 1.43. The van der Waals surface area contributed by atoms with Crippen molar-refractivity contribution in [3.63, 3.8) is 0 Å². The molecule has 0 aliphatic carbocycles. The third-order valence-electron chi connectivity index (χ3n) is 5.29. The Balaban J connectivity index is 1.21. The van der Waals surface area contributed by atoms with Crippen LogP contribution in [0, 0.1) is 0 Å². The predicted molar refractivity (Wildman–Crippen MR) is 128 cm³/mol. The van der Waals surface area contributed by atoms with Crippen LogP contribution in [0.25, 0.3) is 28.1 Å². The molecule has 0 radical (unpaired) electrons. The summed E-state index contributed by atoms with van der Waals surface area (Å²) in [7, 11) is 0. The minimum Gasteiger partial charge on any atom is -0.448 e. The van der Waals surface area contributed by atoms with Crippen LogP contribution in [0.1, 0.15) is 5.56 Å². The molecule has 10 heteroatoms. The highest BCUT2D eigenvalue weighted by atomic mass is 32.2. The molecule has 0 unspecified atom stereocenters. The van der Waals surface area contributed by atoms with E-state index in [1.165, 1.54) is 6.33 Å². The molecule has 1 fully saturated rings. The number of benzene rings is 2. The third kappa shape index (κ3) is 4.11. The van der Waals surface area contributed by atoms with Crippen LogP contribution in [-0.2, 0) is 16.1 Å². The summed E-state index contributed by atoms with van der Waals surface area (Å²) in [6, 6.07) is 16.4. The zero-order chi connectivity index (χ0) is 23.7. The number of nitrogens with one attached hydrogen (secondary N) is 1. The number of carbonyl (C=O) groups is 3. The fraction of sp³-hybridized carbons (Fsp3) is 0.125. The van der Waals surface area contributed by atoms with Crippen molar-refractivity contribution in [1.82, 2.24) is 19.8 Å². The molecule has 34 heavy (non-hydrogen) atoms. The summed E-state index contributed by atoms with van der Waals surface area (Å²) in [6.45, 7) is -0.183. The summed E-state index contributed by atoms with van der Waals surface area (Å²) in [4.78, 5) is 55.6. The fourth-order valence-corrected chi connectivity index (χ4v) is 4.50. The Labute approximate surface area is 197 Å². The highest BCUT2D eigenvalue weighted by Gasteiger charge is 2.34. The first-order valence-corrected chi connectivity index (χ1v) is 11.3. The molecule has 170 valence electrons. The standard InChI is InChI=1S/C24H18N4O5S/c29-19(13-27-14-26-20-16-8-4-5-9-17(16)33-21(20)23(27)31)25-10-11-28-22(30)18(34-24(28)32)12-15-6-2-1-3-7-15/h1-9,12,14H,10-11,13H2,(H,25,29)/b18-12-. The molecule has 1 saturated heterocycles. The Kier molecular flexibility index (Phi) is 5.72. The van der Waals surface area contributed by atoms with Crippen molar-refractivity contribution in [3.05, 3.63) is 81.7 Å². The van der Waals surface area contributed by atoms with Crippen molar-refractivity contribution in [2.75, 3.05) is 13.1 Å². The van der Waals surface area contributed by atoms with E-state index in [0.717, 1.165) is 32.2 Å². The number of nitrogens with zero attached hydrogens (tertiary/aromatic N) is 3. The van der Waals surface area contributed by atoms with Gasteiger partial charge in [-0.1, -0.05) is 42.5 Å². The quantitative estimate of drug-likeness (QED) is 0.427. The van der Waals surface area contributed by atoms with E-state index in [1.54, 1.807) is 18.2 Å². The predicted octanol–water partition coefficient (Wildman–Crippen LogP) is 3.00. The number of furan rings is 1. The van der Waals surface area contributed by atoms with Gasteiger partial charge in [0.1, 0.15) is 17.6 Å². The number of aromatic nitrogens is 2. The van der Waals surface area contributed by atoms with Crippen molar-refractivity contribution in [3.8, 4) is 0 Å². The average molecular weight is 474 g/mol. The average Bonchev–Trinajstić information content (AvgIpc) is 3.34. The van der Waals surface area contributed by atoms with Gasteiger partial charge in [-0.3, -0.25) is 28.6 Å². The largest absolute Gasteiger partial charge is 0.448 e. The maximum Gasteiger partial charge on any atom is 0.297 e. The molecule has 0 saturated carbocycles. The fourth-order valence-electron chi connectivity index (χ4n) is 3.64. The van der Waals surface area contributed by atoms with Crippen LogP contribution in [0.15, 0.2) is 75.0 Å². The van der Waals surface area contributed by atoms with Gasteiger partial charge in [0.05, 0.1) is 11.2 Å². The first kappa shape index (κ1) is 21.7. The lowest BCUT2D eigenvalue weighted by Gasteiger charge is -2.13. The van der Waals surface area contributed by atoms with Crippen LogP contribution >= 0.6 is 11.8 Å².